The molecule has 0 atom stereocenters. The van der Waals surface area contributed by atoms with Gasteiger partial charge in [-0.3, -0.25) is 0 Å². The molecule has 2 aromatic heterocycles. The second kappa shape index (κ2) is 10.9. The highest BCUT2D eigenvalue weighted by Crippen LogP contribution is 2.34. The van der Waals surface area contributed by atoms with Crippen molar-refractivity contribution in [3.05, 3.63) is 78.1 Å². The number of fused-ring (bicyclic) bond motifs is 1. The minimum Gasteiger partial charge on any atom is -0.454 e. The minimum absolute atomic E-state index is 0.249. The van der Waals surface area contributed by atoms with Crippen LogP contribution in [0.4, 0.5) is 5.82 Å². The summed E-state index contributed by atoms with van der Waals surface area (Å²) in [6.45, 7) is 4.14. The first-order valence-electron chi connectivity index (χ1n) is 12.3. The lowest BCUT2D eigenvalue weighted by Gasteiger charge is -2.23. The second-order valence-electron chi connectivity index (χ2n) is 9.40. The van der Waals surface area contributed by atoms with Crippen LogP contribution in [-0.2, 0) is 6.42 Å². The van der Waals surface area contributed by atoms with Crippen molar-refractivity contribution >= 4 is 5.82 Å². The van der Waals surface area contributed by atoms with E-state index in [-0.39, 0.29) is 6.79 Å². The minimum atomic E-state index is 0.249. The maximum atomic E-state index is 6.31. The van der Waals surface area contributed by atoms with Gasteiger partial charge in [0.05, 0.1) is 11.9 Å². The zero-order chi connectivity index (χ0) is 25.8. The van der Waals surface area contributed by atoms with E-state index in [1.165, 1.54) is 0 Å². The Bertz CT molecular complexity index is 1340. The summed E-state index contributed by atoms with van der Waals surface area (Å²) in [7, 11) is 6.24. The molecule has 0 fully saturated rings. The van der Waals surface area contributed by atoms with Crippen LogP contribution in [0, 0.1) is 6.92 Å². The lowest BCUT2D eigenvalue weighted by Crippen LogP contribution is -2.25. The van der Waals surface area contributed by atoms with Crippen molar-refractivity contribution in [3.63, 3.8) is 0 Å². The van der Waals surface area contributed by atoms with Gasteiger partial charge in [-0.25, -0.2) is 9.97 Å². The largest absolute Gasteiger partial charge is 0.454 e. The van der Waals surface area contributed by atoms with Gasteiger partial charge < -0.3 is 28.6 Å². The van der Waals surface area contributed by atoms with Crippen LogP contribution in [-0.4, -0.2) is 65.4 Å². The summed E-state index contributed by atoms with van der Waals surface area (Å²) >= 11 is 0. The van der Waals surface area contributed by atoms with E-state index >= 15 is 0 Å². The van der Waals surface area contributed by atoms with E-state index in [1.807, 2.05) is 60.2 Å². The molecule has 1 aliphatic heterocycles. The van der Waals surface area contributed by atoms with Gasteiger partial charge in [0.25, 0.3) is 0 Å². The van der Waals surface area contributed by atoms with Crippen LogP contribution < -0.4 is 19.1 Å². The highest BCUT2D eigenvalue weighted by Gasteiger charge is 2.18. The Morgan fingerprint density at radius 2 is 1.78 bits per heavy atom. The number of rotatable bonds is 10. The van der Waals surface area contributed by atoms with Crippen molar-refractivity contribution in [1.29, 1.82) is 0 Å². The molecule has 9 heteroatoms. The fourth-order valence-electron chi connectivity index (χ4n) is 4.25. The third-order valence-corrected chi connectivity index (χ3v) is 6.24. The van der Waals surface area contributed by atoms with Crippen molar-refractivity contribution in [2.45, 2.75) is 19.8 Å². The first-order valence-corrected chi connectivity index (χ1v) is 12.3. The Morgan fingerprint density at radius 3 is 2.54 bits per heavy atom. The number of ether oxygens (including phenoxy) is 3. The highest BCUT2D eigenvalue weighted by molar-refractivity contribution is 5.52. The van der Waals surface area contributed by atoms with Crippen LogP contribution in [0.5, 0.6) is 23.1 Å². The van der Waals surface area contributed by atoms with Gasteiger partial charge in [0.1, 0.15) is 17.4 Å². The number of hydrogen-bond acceptors (Lipinski definition) is 8. The number of anilines is 1. The van der Waals surface area contributed by atoms with Crippen molar-refractivity contribution < 1.29 is 14.2 Å². The summed E-state index contributed by atoms with van der Waals surface area (Å²) in [6, 6.07) is 13.8. The molecule has 1 aliphatic rings. The molecule has 4 aromatic rings. The Hall–Kier alpha value is -4.11. The van der Waals surface area contributed by atoms with Gasteiger partial charge in [-0.2, -0.15) is 4.98 Å². The summed E-state index contributed by atoms with van der Waals surface area (Å²) in [5, 5.41) is 0. The summed E-state index contributed by atoms with van der Waals surface area (Å²) < 4.78 is 19.3. The molecule has 37 heavy (non-hydrogen) atoms. The molecule has 0 bridgehead atoms. The Balaban J connectivity index is 1.42. The molecule has 0 saturated carbocycles. The Labute approximate surface area is 217 Å². The molecule has 0 amide bonds. The molecular weight excluding hydrogens is 468 g/mol. The van der Waals surface area contributed by atoms with Gasteiger partial charge in [0, 0.05) is 38.1 Å². The lowest BCUT2D eigenvalue weighted by molar-refractivity contribution is 0.174. The monoisotopic (exact) mass is 500 g/mol. The number of hydrogen-bond donors (Lipinski definition) is 0. The molecule has 0 saturated heterocycles. The van der Waals surface area contributed by atoms with Crippen LogP contribution >= 0.6 is 0 Å². The molecule has 3 heterocycles. The van der Waals surface area contributed by atoms with Crippen LogP contribution in [0.15, 0.2) is 61.2 Å². The van der Waals surface area contributed by atoms with Gasteiger partial charge in [0.15, 0.2) is 11.5 Å². The van der Waals surface area contributed by atoms with Crippen molar-refractivity contribution in [3.8, 4) is 28.8 Å². The van der Waals surface area contributed by atoms with E-state index in [9.17, 15) is 0 Å². The van der Waals surface area contributed by atoms with Crippen molar-refractivity contribution in [1.82, 2.24) is 24.4 Å². The number of imidazole rings is 1. The van der Waals surface area contributed by atoms with Gasteiger partial charge in [-0.05, 0) is 75.9 Å². The zero-order valence-electron chi connectivity index (χ0n) is 21.7. The summed E-state index contributed by atoms with van der Waals surface area (Å²) in [6.07, 6.45) is 7.01. The van der Waals surface area contributed by atoms with Crippen LogP contribution in [0.25, 0.3) is 5.69 Å². The maximum Gasteiger partial charge on any atom is 0.231 e. The van der Waals surface area contributed by atoms with Crippen molar-refractivity contribution in [2.24, 2.45) is 0 Å². The summed E-state index contributed by atoms with van der Waals surface area (Å²) in [4.78, 5) is 18.3. The SMILES string of the molecule is Cc1c(Oc2ccc(-n3ccnc3)cc2)nc(Cc2ccc3c(c2)OCO3)nc1N(C)CCCN(C)C. The van der Waals surface area contributed by atoms with E-state index in [0.717, 1.165) is 53.6 Å². The molecule has 5 rings (SSSR count). The molecule has 0 aliphatic carbocycles. The van der Waals surface area contributed by atoms with E-state index in [2.05, 4.69) is 35.9 Å². The fourth-order valence-corrected chi connectivity index (χ4v) is 4.25. The van der Waals surface area contributed by atoms with E-state index in [0.29, 0.717) is 23.9 Å². The molecule has 2 aromatic carbocycles. The van der Waals surface area contributed by atoms with Crippen molar-refractivity contribution in [2.75, 3.05) is 45.9 Å². The van der Waals surface area contributed by atoms with Crippen LogP contribution in [0.3, 0.4) is 0 Å². The average Bonchev–Trinajstić information content (AvgIpc) is 3.58. The standard InChI is InChI=1S/C28H32N6O3/c1-20-27(33(4)14-5-13-32(2)3)30-26(17-21-6-11-24-25(16-21)36-19-35-24)31-28(20)37-23-9-7-22(8-10-23)34-15-12-29-18-34/h6-12,15-16,18H,5,13-14,17,19H2,1-4H3. The molecule has 9 nitrogen and oxygen atoms in total. The van der Waals surface area contributed by atoms with E-state index in [1.54, 1.807) is 12.5 Å². The van der Waals surface area contributed by atoms with Gasteiger partial charge in [0.2, 0.25) is 12.7 Å². The molecule has 192 valence electrons. The molecule has 0 unspecified atom stereocenters. The molecule has 0 N–H and O–H groups in total. The number of aromatic nitrogens is 4. The molecule has 0 spiro atoms. The topological polar surface area (TPSA) is 77.8 Å². The second-order valence-corrected chi connectivity index (χ2v) is 9.40. The summed E-state index contributed by atoms with van der Waals surface area (Å²) in [5.74, 6) is 4.33. The Kier molecular flexibility index (Phi) is 7.23. The van der Waals surface area contributed by atoms with Crippen LogP contribution in [0.2, 0.25) is 0 Å². The quantitative estimate of drug-likeness (QED) is 0.316. The maximum absolute atomic E-state index is 6.31. The van der Waals surface area contributed by atoms with Gasteiger partial charge in [-0.1, -0.05) is 6.07 Å². The third kappa shape index (κ3) is 5.83. The number of nitrogens with zero attached hydrogens (tertiary/aromatic N) is 6. The fraction of sp³-hybridized carbons (Fsp3) is 0.321. The van der Waals surface area contributed by atoms with Crippen LogP contribution in [0.1, 0.15) is 23.4 Å². The zero-order valence-corrected chi connectivity index (χ0v) is 21.7. The number of benzene rings is 2. The predicted octanol–water partition coefficient (Wildman–Crippen LogP) is 4.47. The molecular formula is C28H32N6O3. The Morgan fingerprint density at radius 1 is 0.973 bits per heavy atom. The van der Waals surface area contributed by atoms with Gasteiger partial charge in [-0.15, -0.1) is 0 Å². The van der Waals surface area contributed by atoms with Gasteiger partial charge >= 0.3 is 0 Å². The lowest BCUT2D eigenvalue weighted by atomic mass is 10.1. The van der Waals surface area contributed by atoms with E-state index < -0.39 is 0 Å². The van der Waals surface area contributed by atoms with E-state index in [4.69, 9.17) is 24.2 Å². The summed E-state index contributed by atoms with van der Waals surface area (Å²) in [5.41, 5.74) is 2.96. The smallest absolute Gasteiger partial charge is 0.231 e. The first-order chi connectivity index (χ1) is 18.0. The highest BCUT2D eigenvalue weighted by atomic mass is 16.7. The third-order valence-electron chi connectivity index (χ3n) is 6.24. The normalized spacial score (nSPS) is 12.2. The molecule has 0 radical (unpaired) electrons. The predicted molar refractivity (Wildman–Crippen MR) is 142 cm³/mol. The average molecular weight is 501 g/mol. The first kappa shape index (κ1) is 24.6.